The maximum absolute atomic E-state index is 11.9. The van der Waals surface area contributed by atoms with Gasteiger partial charge in [-0.25, -0.2) is 4.79 Å². The van der Waals surface area contributed by atoms with Crippen molar-refractivity contribution in [1.29, 1.82) is 0 Å². The number of rotatable bonds is 5. The fourth-order valence-electron chi connectivity index (χ4n) is 1.57. The molecule has 1 amide bonds. The van der Waals surface area contributed by atoms with E-state index in [0.717, 1.165) is 0 Å². The molecule has 3 N–H and O–H groups in total. The molecule has 0 radical (unpaired) electrons. The van der Waals surface area contributed by atoms with Gasteiger partial charge in [-0.1, -0.05) is 0 Å². The highest BCUT2D eigenvalue weighted by atomic mass is 32.2. The predicted molar refractivity (Wildman–Crippen MR) is 83.1 cm³/mol. The van der Waals surface area contributed by atoms with Crippen LogP contribution in [-0.4, -0.2) is 34.3 Å². The summed E-state index contributed by atoms with van der Waals surface area (Å²) in [6.45, 7) is 5.05. The average Bonchev–Trinajstić information content (AvgIpc) is 2.36. The molecular weight excluding hydrogens is 328 g/mol. The molecule has 0 aliphatic carbocycles. The number of amides is 1. The lowest BCUT2D eigenvalue weighted by Crippen LogP contribution is -2.27. The molecule has 0 saturated heterocycles. The first-order chi connectivity index (χ1) is 10.4. The zero-order chi connectivity index (χ0) is 17.8. The fourth-order valence-corrected chi connectivity index (χ4v) is 1.95. The van der Waals surface area contributed by atoms with Crippen molar-refractivity contribution < 1.29 is 31.6 Å². The molecule has 0 unspecified atom stereocenters. The first-order valence-electron chi connectivity index (χ1n) is 6.43. The van der Waals surface area contributed by atoms with E-state index in [2.05, 4.69) is 9.50 Å². The van der Waals surface area contributed by atoms with Crippen molar-refractivity contribution >= 4 is 22.1 Å². The second-order valence-electron chi connectivity index (χ2n) is 5.41. The van der Waals surface area contributed by atoms with E-state index in [-0.39, 0.29) is 22.9 Å². The molecule has 0 bridgehead atoms. The van der Waals surface area contributed by atoms with Gasteiger partial charge in [0.05, 0.1) is 19.9 Å². The van der Waals surface area contributed by atoms with Crippen LogP contribution in [0.1, 0.15) is 20.8 Å². The minimum atomic E-state index is -4.30. The van der Waals surface area contributed by atoms with Crippen molar-refractivity contribution in [1.82, 2.24) is 0 Å². The van der Waals surface area contributed by atoms with E-state index in [1.807, 2.05) is 0 Å². The van der Waals surface area contributed by atoms with Gasteiger partial charge in [0.1, 0.15) is 5.60 Å². The zero-order valence-corrected chi connectivity index (χ0v) is 14.3. The Hall–Kier alpha value is -2.20. The number of hydrogen-bond acceptors (Lipinski definition) is 7. The fraction of sp³-hybridized carbons (Fsp3) is 0.462. The van der Waals surface area contributed by atoms with Crippen molar-refractivity contribution in [2.24, 2.45) is 5.14 Å². The summed E-state index contributed by atoms with van der Waals surface area (Å²) in [5.74, 6) is 0.206. The van der Waals surface area contributed by atoms with Crippen molar-refractivity contribution in [3.63, 3.8) is 0 Å². The van der Waals surface area contributed by atoms with Gasteiger partial charge in [0.25, 0.3) is 0 Å². The second-order valence-corrected chi connectivity index (χ2v) is 6.56. The molecule has 0 heterocycles. The third kappa shape index (κ3) is 6.20. The number of benzene rings is 1. The van der Waals surface area contributed by atoms with Gasteiger partial charge in [0.15, 0.2) is 17.2 Å². The Bertz CT molecular complexity index is 680. The number of ether oxygens (including phenoxy) is 3. The number of nitrogens with one attached hydrogen (secondary N) is 1. The summed E-state index contributed by atoms with van der Waals surface area (Å²) < 4.78 is 42.2. The molecule has 1 aromatic rings. The zero-order valence-electron chi connectivity index (χ0n) is 13.5. The number of carbonyl (C=O) groups excluding carboxylic acids is 1. The summed E-state index contributed by atoms with van der Waals surface area (Å²) in [7, 11) is -1.56. The predicted octanol–water partition coefficient (Wildman–Crippen LogP) is 1.63. The topological polar surface area (TPSA) is 126 Å². The van der Waals surface area contributed by atoms with Gasteiger partial charge >= 0.3 is 16.4 Å². The minimum absolute atomic E-state index is 0.00840. The van der Waals surface area contributed by atoms with E-state index < -0.39 is 22.0 Å². The molecule has 1 rings (SSSR count). The maximum Gasteiger partial charge on any atom is 0.412 e. The lowest BCUT2D eigenvalue weighted by atomic mass is 10.2. The molecule has 0 aromatic heterocycles. The summed E-state index contributed by atoms with van der Waals surface area (Å²) in [5, 5.41) is 7.24. The van der Waals surface area contributed by atoms with Crippen LogP contribution in [0.3, 0.4) is 0 Å². The molecule has 0 aliphatic rings. The summed E-state index contributed by atoms with van der Waals surface area (Å²) in [5.41, 5.74) is -0.743. The number of nitrogens with two attached hydrogens (primary N) is 1. The molecule has 10 heteroatoms. The van der Waals surface area contributed by atoms with Crippen LogP contribution in [0.4, 0.5) is 10.5 Å². The van der Waals surface area contributed by atoms with Crippen LogP contribution in [0.25, 0.3) is 0 Å². The molecule has 0 atom stereocenters. The third-order valence-corrected chi connectivity index (χ3v) is 2.74. The van der Waals surface area contributed by atoms with Crippen molar-refractivity contribution in [3.8, 4) is 17.2 Å². The Balaban J connectivity index is 3.23. The van der Waals surface area contributed by atoms with Crippen molar-refractivity contribution in [3.05, 3.63) is 12.1 Å². The summed E-state index contributed by atoms with van der Waals surface area (Å²) >= 11 is 0. The van der Waals surface area contributed by atoms with Gasteiger partial charge in [-0.05, 0) is 20.8 Å². The van der Waals surface area contributed by atoms with Crippen molar-refractivity contribution in [2.75, 3.05) is 19.5 Å². The smallest absolute Gasteiger partial charge is 0.412 e. The average molecular weight is 348 g/mol. The highest BCUT2D eigenvalue weighted by molar-refractivity contribution is 7.84. The van der Waals surface area contributed by atoms with Gasteiger partial charge in [-0.3, -0.25) is 5.32 Å². The lowest BCUT2D eigenvalue weighted by Gasteiger charge is -2.21. The molecule has 0 spiro atoms. The van der Waals surface area contributed by atoms with Crippen LogP contribution < -0.4 is 24.1 Å². The molecular formula is C13H20N2O7S. The summed E-state index contributed by atoms with van der Waals surface area (Å²) in [6, 6.07) is 2.54. The van der Waals surface area contributed by atoms with Crippen LogP contribution in [-0.2, 0) is 15.0 Å². The van der Waals surface area contributed by atoms with Crippen LogP contribution in [0.2, 0.25) is 0 Å². The minimum Gasteiger partial charge on any atom is -0.493 e. The Morgan fingerprint density at radius 3 is 2.04 bits per heavy atom. The van der Waals surface area contributed by atoms with Crippen LogP contribution in [0, 0.1) is 0 Å². The quantitative estimate of drug-likeness (QED) is 0.828. The van der Waals surface area contributed by atoms with E-state index in [1.165, 1.54) is 26.4 Å². The number of carbonyl (C=O) groups is 1. The first kappa shape index (κ1) is 18.8. The molecule has 0 fully saturated rings. The third-order valence-electron chi connectivity index (χ3n) is 2.33. The standard InChI is InChI=1S/C13H20N2O7S/c1-13(2,3)21-12(16)15-8-6-10(19-4)11(20-5)7-9(8)22-23(14,17)18/h6-7H,1-5H3,(H,15,16)(H2,14,17,18). The summed E-state index contributed by atoms with van der Waals surface area (Å²) in [6.07, 6.45) is -0.802. The number of hydrogen-bond donors (Lipinski definition) is 2. The van der Waals surface area contributed by atoms with Gasteiger partial charge in [0.2, 0.25) is 0 Å². The molecule has 9 nitrogen and oxygen atoms in total. The molecule has 130 valence electrons. The van der Waals surface area contributed by atoms with Crippen LogP contribution in [0.5, 0.6) is 17.2 Å². The van der Waals surface area contributed by atoms with E-state index in [4.69, 9.17) is 19.3 Å². The monoisotopic (exact) mass is 348 g/mol. The highest BCUT2D eigenvalue weighted by Crippen LogP contribution is 2.38. The molecule has 0 saturated carbocycles. The van der Waals surface area contributed by atoms with E-state index in [9.17, 15) is 13.2 Å². The van der Waals surface area contributed by atoms with Gasteiger partial charge in [-0.15, -0.1) is 0 Å². The van der Waals surface area contributed by atoms with Gasteiger partial charge < -0.3 is 18.4 Å². The second kappa shape index (κ2) is 6.92. The SMILES string of the molecule is COc1cc(NC(=O)OC(C)(C)C)c(OS(N)(=O)=O)cc1OC. The molecule has 23 heavy (non-hydrogen) atoms. The Morgan fingerprint density at radius 2 is 1.61 bits per heavy atom. The van der Waals surface area contributed by atoms with Gasteiger partial charge in [0, 0.05) is 12.1 Å². The first-order valence-corrected chi connectivity index (χ1v) is 7.90. The van der Waals surface area contributed by atoms with Crippen LogP contribution >= 0.6 is 0 Å². The molecule has 0 aliphatic heterocycles. The normalized spacial score (nSPS) is 11.6. The van der Waals surface area contributed by atoms with Gasteiger partial charge in [-0.2, -0.15) is 13.6 Å². The van der Waals surface area contributed by atoms with E-state index in [1.54, 1.807) is 20.8 Å². The van der Waals surface area contributed by atoms with Crippen molar-refractivity contribution in [2.45, 2.75) is 26.4 Å². The number of methoxy groups -OCH3 is 2. The maximum atomic E-state index is 11.9. The van der Waals surface area contributed by atoms with Crippen LogP contribution in [0.15, 0.2) is 12.1 Å². The largest absolute Gasteiger partial charge is 0.493 e. The Morgan fingerprint density at radius 1 is 1.09 bits per heavy atom. The Labute approximate surface area is 134 Å². The lowest BCUT2D eigenvalue weighted by molar-refractivity contribution is 0.0635. The molecule has 1 aromatic carbocycles. The Kier molecular flexibility index (Phi) is 5.67. The van der Waals surface area contributed by atoms with E-state index in [0.29, 0.717) is 0 Å². The summed E-state index contributed by atoms with van der Waals surface area (Å²) in [4.78, 5) is 11.9. The highest BCUT2D eigenvalue weighted by Gasteiger charge is 2.21. The van der Waals surface area contributed by atoms with E-state index >= 15 is 0 Å². The number of anilines is 1.